The van der Waals surface area contributed by atoms with E-state index in [2.05, 4.69) is 4.98 Å². The Morgan fingerprint density at radius 3 is 2.50 bits per heavy atom. The summed E-state index contributed by atoms with van der Waals surface area (Å²) in [6, 6.07) is 5.35. The highest BCUT2D eigenvalue weighted by Crippen LogP contribution is 2.42. The molecule has 1 aliphatic carbocycles. The Morgan fingerprint density at radius 2 is 1.94 bits per heavy atom. The number of hydrogen-bond acceptors (Lipinski definition) is 7. The zero-order valence-corrected chi connectivity index (χ0v) is 20.4. The van der Waals surface area contributed by atoms with E-state index in [9.17, 15) is 27.9 Å². The molecule has 3 heterocycles. The molecule has 0 spiro atoms. The lowest BCUT2D eigenvalue weighted by Crippen LogP contribution is -2.30. The summed E-state index contributed by atoms with van der Waals surface area (Å²) in [7, 11) is -2.14. The van der Waals surface area contributed by atoms with E-state index in [0.717, 1.165) is 34.5 Å². The molecular formula is C23H24N6O6S. The van der Waals surface area contributed by atoms with Gasteiger partial charge in [0.1, 0.15) is 6.54 Å². The average Bonchev–Trinajstić information content (AvgIpc) is 3.52. The number of fused-ring (bicyclic) bond motifs is 1. The van der Waals surface area contributed by atoms with Crippen LogP contribution in [0.2, 0.25) is 0 Å². The summed E-state index contributed by atoms with van der Waals surface area (Å²) in [5, 5.41) is 9.86. The SMILES string of the molecule is CN1C(=O)CN(c2cc(C3CC3)cn3cc(CN(C(=O)O)c4ccc(S(C)(=O)=O)c(N)c4)nc23)C1=O. The highest BCUT2D eigenvalue weighted by molar-refractivity contribution is 7.90. The maximum absolute atomic E-state index is 12.7. The van der Waals surface area contributed by atoms with Crippen LogP contribution in [-0.2, 0) is 21.2 Å². The van der Waals surface area contributed by atoms with Crippen LogP contribution in [0.4, 0.5) is 26.7 Å². The quantitative estimate of drug-likeness (QED) is 0.376. The van der Waals surface area contributed by atoms with Gasteiger partial charge in [-0.15, -0.1) is 0 Å². The van der Waals surface area contributed by atoms with Crippen LogP contribution in [0.25, 0.3) is 5.65 Å². The Morgan fingerprint density at radius 1 is 1.22 bits per heavy atom. The number of rotatable bonds is 6. The molecule has 188 valence electrons. The van der Waals surface area contributed by atoms with Gasteiger partial charge in [-0.25, -0.2) is 23.0 Å². The lowest BCUT2D eigenvalue weighted by Gasteiger charge is -2.19. The van der Waals surface area contributed by atoms with Gasteiger partial charge in [-0.05, 0) is 48.6 Å². The Labute approximate surface area is 206 Å². The predicted molar refractivity (Wildman–Crippen MR) is 131 cm³/mol. The zero-order chi connectivity index (χ0) is 25.9. The number of sulfone groups is 1. The number of anilines is 3. The van der Waals surface area contributed by atoms with Crippen LogP contribution < -0.4 is 15.5 Å². The fraction of sp³-hybridized carbons (Fsp3) is 0.304. The second kappa shape index (κ2) is 8.22. The highest BCUT2D eigenvalue weighted by Gasteiger charge is 2.36. The summed E-state index contributed by atoms with van der Waals surface area (Å²) >= 11 is 0. The maximum atomic E-state index is 12.7. The van der Waals surface area contributed by atoms with Crippen molar-refractivity contribution in [1.82, 2.24) is 14.3 Å². The first-order valence-corrected chi connectivity index (χ1v) is 13.0. The third-order valence-electron chi connectivity index (χ3n) is 6.38. The van der Waals surface area contributed by atoms with Crippen LogP contribution in [0.15, 0.2) is 41.6 Å². The number of likely N-dealkylation sites (N-methyl/N-ethyl adjacent to an activating group) is 1. The van der Waals surface area contributed by atoms with Crippen molar-refractivity contribution in [2.24, 2.45) is 0 Å². The molecule has 3 N–H and O–H groups in total. The molecule has 1 saturated heterocycles. The molecule has 0 unspecified atom stereocenters. The summed E-state index contributed by atoms with van der Waals surface area (Å²) in [5.74, 6) is 0.0333. The standard InChI is InChI=1S/C23H24N6O6S/c1-26-20(30)12-29(22(26)31)18-7-14(13-3-4-13)9-27-10-15(25-21(18)27)11-28(23(32)33)16-5-6-19(17(24)8-16)36(2,34)35/h5-10,13H,3-4,11-12,24H2,1-2H3,(H,32,33). The van der Waals surface area contributed by atoms with Gasteiger partial charge in [0, 0.05) is 31.4 Å². The second-order valence-electron chi connectivity index (χ2n) is 9.08. The molecular weight excluding hydrogens is 488 g/mol. The topological polar surface area (TPSA) is 159 Å². The smallest absolute Gasteiger partial charge is 0.412 e. The number of amides is 4. The summed E-state index contributed by atoms with van der Waals surface area (Å²) in [5.41, 5.74) is 8.32. The van der Waals surface area contributed by atoms with Crippen molar-refractivity contribution in [3.63, 3.8) is 0 Å². The first-order valence-electron chi connectivity index (χ1n) is 11.1. The van der Waals surface area contributed by atoms with E-state index in [4.69, 9.17) is 5.73 Å². The van der Waals surface area contributed by atoms with E-state index in [1.165, 1.54) is 30.1 Å². The molecule has 0 atom stereocenters. The van der Waals surface area contributed by atoms with Gasteiger partial charge in [-0.3, -0.25) is 19.5 Å². The average molecular weight is 513 g/mol. The number of nitrogens with zero attached hydrogens (tertiary/aromatic N) is 5. The van der Waals surface area contributed by atoms with Crippen LogP contribution >= 0.6 is 0 Å². The summed E-state index contributed by atoms with van der Waals surface area (Å²) in [4.78, 5) is 44.9. The summed E-state index contributed by atoms with van der Waals surface area (Å²) in [6.45, 7) is -0.256. The van der Waals surface area contributed by atoms with E-state index in [0.29, 0.717) is 22.9 Å². The molecule has 1 aliphatic heterocycles. The largest absolute Gasteiger partial charge is 0.465 e. The second-order valence-corrected chi connectivity index (χ2v) is 11.1. The van der Waals surface area contributed by atoms with Gasteiger partial charge in [-0.2, -0.15) is 0 Å². The number of benzene rings is 1. The van der Waals surface area contributed by atoms with Gasteiger partial charge < -0.3 is 15.2 Å². The molecule has 2 fully saturated rings. The minimum atomic E-state index is -3.57. The Bertz CT molecular complexity index is 1540. The van der Waals surface area contributed by atoms with E-state index >= 15 is 0 Å². The third kappa shape index (κ3) is 4.11. The van der Waals surface area contributed by atoms with E-state index < -0.39 is 22.0 Å². The third-order valence-corrected chi connectivity index (χ3v) is 7.55. The van der Waals surface area contributed by atoms with Gasteiger partial charge >= 0.3 is 12.1 Å². The molecule has 2 aromatic heterocycles. The number of carbonyl (C=O) groups excluding carboxylic acids is 2. The number of hydrogen-bond donors (Lipinski definition) is 2. The molecule has 13 heteroatoms. The van der Waals surface area contributed by atoms with Crippen molar-refractivity contribution >= 4 is 50.6 Å². The molecule has 2 aliphatic rings. The molecule has 0 bridgehead atoms. The van der Waals surface area contributed by atoms with Crippen molar-refractivity contribution in [1.29, 1.82) is 0 Å². The van der Waals surface area contributed by atoms with Crippen molar-refractivity contribution in [2.75, 3.05) is 35.4 Å². The first-order chi connectivity index (χ1) is 16.9. The monoisotopic (exact) mass is 512 g/mol. The maximum Gasteiger partial charge on any atom is 0.412 e. The first kappa shape index (κ1) is 23.6. The van der Waals surface area contributed by atoms with Crippen molar-refractivity contribution < 1.29 is 27.9 Å². The van der Waals surface area contributed by atoms with Crippen molar-refractivity contribution in [3.05, 3.63) is 47.9 Å². The lowest BCUT2D eigenvalue weighted by atomic mass is 10.1. The summed E-state index contributed by atoms with van der Waals surface area (Å²) in [6.07, 6.45) is 5.38. The number of aromatic nitrogens is 2. The van der Waals surface area contributed by atoms with Gasteiger partial charge in [0.15, 0.2) is 15.5 Å². The number of pyridine rings is 1. The lowest BCUT2D eigenvalue weighted by molar-refractivity contribution is -0.123. The van der Waals surface area contributed by atoms with Crippen LogP contribution in [0.3, 0.4) is 0 Å². The molecule has 0 radical (unpaired) electrons. The van der Waals surface area contributed by atoms with Crippen molar-refractivity contribution in [2.45, 2.75) is 30.2 Å². The van der Waals surface area contributed by atoms with Gasteiger partial charge in [0.2, 0.25) is 5.91 Å². The highest BCUT2D eigenvalue weighted by atomic mass is 32.2. The Kier molecular flexibility index (Phi) is 5.39. The number of nitrogens with two attached hydrogens (primary N) is 1. The molecule has 36 heavy (non-hydrogen) atoms. The minimum absolute atomic E-state index is 0.0612. The summed E-state index contributed by atoms with van der Waals surface area (Å²) < 4.78 is 25.5. The number of imidazole rings is 1. The van der Waals surface area contributed by atoms with Gasteiger partial charge in [0.25, 0.3) is 0 Å². The molecule has 3 aromatic rings. The molecule has 12 nitrogen and oxygen atoms in total. The Hall–Kier alpha value is -4.13. The molecule has 5 rings (SSSR count). The molecule has 1 saturated carbocycles. The Balaban J connectivity index is 1.54. The van der Waals surface area contributed by atoms with E-state index in [1.807, 2.05) is 12.3 Å². The minimum Gasteiger partial charge on any atom is -0.465 e. The number of urea groups is 1. The predicted octanol–water partition coefficient (Wildman–Crippen LogP) is 2.28. The van der Waals surface area contributed by atoms with Crippen LogP contribution in [-0.4, -0.2) is 65.7 Å². The number of nitrogen functional groups attached to an aromatic ring is 1. The van der Waals surface area contributed by atoms with Crippen molar-refractivity contribution in [3.8, 4) is 0 Å². The number of imide groups is 1. The normalized spacial score (nSPS) is 16.3. The fourth-order valence-electron chi connectivity index (χ4n) is 4.32. The fourth-order valence-corrected chi connectivity index (χ4v) is 5.13. The van der Waals surface area contributed by atoms with Crippen LogP contribution in [0, 0.1) is 0 Å². The van der Waals surface area contributed by atoms with Crippen LogP contribution in [0.5, 0.6) is 0 Å². The van der Waals surface area contributed by atoms with E-state index in [-0.39, 0.29) is 35.3 Å². The molecule has 4 amide bonds. The van der Waals surface area contributed by atoms with E-state index in [1.54, 1.807) is 10.6 Å². The zero-order valence-electron chi connectivity index (χ0n) is 19.6. The van der Waals surface area contributed by atoms with Gasteiger partial charge in [-0.1, -0.05) is 0 Å². The van der Waals surface area contributed by atoms with Gasteiger partial charge in [0.05, 0.1) is 28.5 Å². The number of carboxylic acid groups (broad SMARTS) is 1. The molecule has 1 aromatic carbocycles. The van der Waals surface area contributed by atoms with Crippen LogP contribution in [0.1, 0.15) is 30.0 Å². The number of carbonyl (C=O) groups is 3.